The van der Waals surface area contributed by atoms with Crippen molar-refractivity contribution in [2.24, 2.45) is 0 Å². The van der Waals surface area contributed by atoms with E-state index in [0.29, 0.717) is 11.7 Å². The predicted octanol–water partition coefficient (Wildman–Crippen LogP) is 3.90. The molecule has 0 bridgehead atoms. The number of imide groups is 1. The van der Waals surface area contributed by atoms with Crippen LogP contribution >= 0.6 is 15.9 Å². The molecule has 1 saturated carbocycles. The van der Waals surface area contributed by atoms with Gasteiger partial charge in [-0.25, -0.2) is 9.69 Å². The molecule has 0 unspecified atom stereocenters. The Balaban J connectivity index is 1.41. The predicted molar refractivity (Wildman–Crippen MR) is 113 cm³/mol. The van der Waals surface area contributed by atoms with E-state index in [1.165, 1.54) is 25.7 Å². The summed E-state index contributed by atoms with van der Waals surface area (Å²) in [5, 5.41) is 5.24. The Morgan fingerprint density at radius 2 is 1.90 bits per heavy atom. The maximum Gasteiger partial charge on any atom is 0.329 e. The van der Waals surface area contributed by atoms with Gasteiger partial charge in [-0.2, -0.15) is 0 Å². The number of rotatable bonds is 5. The third-order valence-electron chi connectivity index (χ3n) is 5.19. The molecule has 2 aliphatic rings. The van der Waals surface area contributed by atoms with E-state index < -0.39 is 17.8 Å². The molecule has 1 saturated heterocycles. The summed E-state index contributed by atoms with van der Waals surface area (Å²) in [7, 11) is 0. The van der Waals surface area contributed by atoms with Crippen LogP contribution in [0.1, 0.15) is 37.3 Å². The number of urea groups is 1. The maximum atomic E-state index is 12.6. The monoisotopic (exact) mass is 456 g/mol. The number of anilines is 1. The molecule has 4 amide bonds. The average Bonchev–Trinajstić information content (AvgIpc) is 3.42. The number of amides is 4. The number of benzene rings is 1. The standard InChI is InChI=1S/C21H21BrN4O3/c22-15-5-7-16(8-6-15)23-19(27)13-26-20(28)18(24-21(26)29)11-14-9-10-25(12-14)17-3-1-2-4-17/h5-12,17H,1-4,13H2,(H,23,27)(H,24,29)/b18-11+. The van der Waals surface area contributed by atoms with Crippen molar-refractivity contribution in [1.82, 2.24) is 14.8 Å². The first-order valence-corrected chi connectivity index (χ1v) is 10.4. The maximum absolute atomic E-state index is 12.6. The zero-order chi connectivity index (χ0) is 20.4. The van der Waals surface area contributed by atoms with Crippen molar-refractivity contribution in [3.8, 4) is 0 Å². The van der Waals surface area contributed by atoms with Gasteiger partial charge in [0.1, 0.15) is 12.2 Å². The first-order chi connectivity index (χ1) is 14.0. The molecule has 29 heavy (non-hydrogen) atoms. The molecule has 1 aromatic heterocycles. The van der Waals surface area contributed by atoms with Crippen molar-refractivity contribution in [1.29, 1.82) is 0 Å². The van der Waals surface area contributed by atoms with Gasteiger partial charge in [0.2, 0.25) is 5.91 Å². The number of nitrogens with zero attached hydrogens (tertiary/aromatic N) is 2. The van der Waals surface area contributed by atoms with Gasteiger partial charge in [0.05, 0.1) is 0 Å². The second kappa shape index (κ2) is 8.24. The van der Waals surface area contributed by atoms with E-state index in [-0.39, 0.29) is 12.2 Å². The van der Waals surface area contributed by atoms with Gasteiger partial charge in [-0.05, 0) is 54.8 Å². The van der Waals surface area contributed by atoms with Gasteiger partial charge in [-0.15, -0.1) is 0 Å². The van der Waals surface area contributed by atoms with Crippen LogP contribution < -0.4 is 10.6 Å². The van der Waals surface area contributed by atoms with E-state index in [9.17, 15) is 14.4 Å². The Morgan fingerprint density at radius 1 is 1.17 bits per heavy atom. The SMILES string of the molecule is O=C(CN1C(=O)N/C(=C/c2ccn(C3CCCC3)c2)C1=O)Nc1ccc(Br)cc1. The van der Waals surface area contributed by atoms with Crippen molar-refractivity contribution in [3.63, 3.8) is 0 Å². The highest BCUT2D eigenvalue weighted by molar-refractivity contribution is 9.10. The fraction of sp³-hybridized carbons (Fsp3) is 0.286. The molecule has 1 aliphatic heterocycles. The lowest BCUT2D eigenvalue weighted by molar-refractivity contribution is -0.127. The Labute approximate surface area is 176 Å². The van der Waals surface area contributed by atoms with Gasteiger partial charge >= 0.3 is 6.03 Å². The second-order valence-corrected chi connectivity index (χ2v) is 8.18. The second-order valence-electron chi connectivity index (χ2n) is 7.26. The third kappa shape index (κ3) is 4.42. The summed E-state index contributed by atoms with van der Waals surface area (Å²) >= 11 is 3.33. The van der Waals surface area contributed by atoms with E-state index in [2.05, 4.69) is 31.1 Å². The fourth-order valence-electron chi connectivity index (χ4n) is 3.70. The Bertz CT molecular complexity index is 974. The molecule has 0 radical (unpaired) electrons. The molecule has 2 N–H and O–H groups in total. The quantitative estimate of drug-likeness (QED) is 0.528. The molecule has 4 rings (SSSR count). The highest BCUT2D eigenvalue weighted by atomic mass is 79.9. The Kier molecular flexibility index (Phi) is 5.53. The van der Waals surface area contributed by atoms with Gasteiger partial charge < -0.3 is 15.2 Å². The number of hydrogen-bond acceptors (Lipinski definition) is 3. The van der Waals surface area contributed by atoms with Crippen LogP contribution in [-0.4, -0.2) is 33.9 Å². The van der Waals surface area contributed by atoms with Crippen molar-refractivity contribution in [2.75, 3.05) is 11.9 Å². The van der Waals surface area contributed by atoms with Crippen LogP contribution in [0, 0.1) is 0 Å². The summed E-state index contributed by atoms with van der Waals surface area (Å²) in [5.41, 5.74) is 1.62. The number of nitrogens with one attached hydrogen (secondary N) is 2. The summed E-state index contributed by atoms with van der Waals surface area (Å²) < 4.78 is 3.06. The molecule has 2 aromatic rings. The topological polar surface area (TPSA) is 83.4 Å². The molecule has 150 valence electrons. The van der Waals surface area contributed by atoms with Crippen molar-refractivity contribution in [2.45, 2.75) is 31.7 Å². The highest BCUT2D eigenvalue weighted by Gasteiger charge is 2.35. The van der Waals surface area contributed by atoms with E-state index in [1.54, 1.807) is 30.3 Å². The van der Waals surface area contributed by atoms with Crippen LogP contribution in [0.5, 0.6) is 0 Å². The van der Waals surface area contributed by atoms with Crippen LogP contribution in [0.3, 0.4) is 0 Å². The molecule has 1 aliphatic carbocycles. The van der Waals surface area contributed by atoms with Gasteiger partial charge in [0.15, 0.2) is 0 Å². The van der Waals surface area contributed by atoms with E-state index in [1.807, 2.05) is 18.5 Å². The molecule has 1 aromatic carbocycles. The van der Waals surface area contributed by atoms with Gasteiger partial charge in [-0.3, -0.25) is 9.59 Å². The van der Waals surface area contributed by atoms with Crippen LogP contribution in [0.2, 0.25) is 0 Å². The Morgan fingerprint density at radius 3 is 2.62 bits per heavy atom. The highest BCUT2D eigenvalue weighted by Crippen LogP contribution is 2.30. The summed E-state index contributed by atoms with van der Waals surface area (Å²) in [6.45, 7) is -0.346. The molecule has 0 atom stereocenters. The minimum Gasteiger partial charge on any atom is -0.351 e. The minimum absolute atomic E-state index is 0.176. The number of aromatic nitrogens is 1. The van der Waals surface area contributed by atoms with Gasteiger partial charge in [-0.1, -0.05) is 28.8 Å². The zero-order valence-electron chi connectivity index (χ0n) is 15.7. The smallest absolute Gasteiger partial charge is 0.329 e. The Hall–Kier alpha value is -2.87. The van der Waals surface area contributed by atoms with Gasteiger partial charge in [0, 0.05) is 28.6 Å². The van der Waals surface area contributed by atoms with E-state index in [0.717, 1.165) is 14.9 Å². The molecule has 2 heterocycles. The lowest BCUT2D eigenvalue weighted by Gasteiger charge is -2.12. The lowest BCUT2D eigenvalue weighted by atomic mass is 10.2. The first kappa shape index (κ1) is 19.4. The van der Waals surface area contributed by atoms with Crippen molar-refractivity contribution >= 4 is 45.5 Å². The molecular formula is C21H21BrN4O3. The van der Waals surface area contributed by atoms with Gasteiger partial charge in [0.25, 0.3) is 5.91 Å². The summed E-state index contributed by atoms with van der Waals surface area (Å²) in [6.07, 6.45) is 10.5. The summed E-state index contributed by atoms with van der Waals surface area (Å²) in [6, 6.07) is 8.89. The number of hydrogen-bond donors (Lipinski definition) is 2. The van der Waals surface area contributed by atoms with Crippen LogP contribution in [0.25, 0.3) is 6.08 Å². The molecule has 0 spiro atoms. The summed E-state index contributed by atoms with van der Waals surface area (Å²) in [4.78, 5) is 37.9. The molecular weight excluding hydrogens is 436 g/mol. The average molecular weight is 457 g/mol. The van der Waals surface area contributed by atoms with Crippen LogP contribution in [0.4, 0.5) is 10.5 Å². The fourth-order valence-corrected chi connectivity index (χ4v) is 3.97. The number of carbonyl (C=O) groups excluding carboxylic acids is 3. The molecule has 8 heteroatoms. The van der Waals surface area contributed by atoms with Crippen molar-refractivity contribution < 1.29 is 14.4 Å². The molecule has 7 nitrogen and oxygen atoms in total. The van der Waals surface area contributed by atoms with E-state index in [4.69, 9.17) is 0 Å². The number of halogens is 1. The lowest BCUT2D eigenvalue weighted by Crippen LogP contribution is -2.38. The van der Waals surface area contributed by atoms with Crippen LogP contribution in [-0.2, 0) is 9.59 Å². The summed E-state index contributed by atoms with van der Waals surface area (Å²) in [5.74, 6) is -0.945. The van der Waals surface area contributed by atoms with E-state index >= 15 is 0 Å². The largest absolute Gasteiger partial charge is 0.351 e. The zero-order valence-corrected chi connectivity index (χ0v) is 17.3. The normalized spacial score (nSPS) is 18.5. The number of carbonyl (C=O) groups is 3. The first-order valence-electron chi connectivity index (χ1n) is 9.57. The van der Waals surface area contributed by atoms with Crippen LogP contribution in [0.15, 0.2) is 52.9 Å². The minimum atomic E-state index is -0.595. The third-order valence-corrected chi connectivity index (χ3v) is 5.72. The molecule has 2 fully saturated rings. The van der Waals surface area contributed by atoms with Crippen molar-refractivity contribution in [3.05, 3.63) is 58.5 Å².